The highest BCUT2D eigenvalue weighted by Crippen LogP contribution is 2.28. The minimum Gasteiger partial charge on any atom is -0.314 e. The van der Waals surface area contributed by atoms with Crippen LogP contribution in [0.4, 0.5) is 4.39 Å². The smallest absolute Gasteiger partial charge is 0.123 e. The summed E-state index contributed by atoms with van der Waals surface area (Å²) < 4.78 is 14.4. The molecule has 0 aliphatic heterocycles. The lowest BCUT2D eigenvalue weighted by molar-refractivity contribution is 0.275. The molecule has 21 heavy (non-hydrogen) atoms. The molecule has 3 heteroatoms. The first kappa shape index (κ1) is 18.6. The molecule has 1 nitrogen and oxygen atoms in total. The Hall–Kier alpha value is -0.410. The fraction of sp³-hybridized carbons (Fsp3) is 0.667. The summed E-state index contributed by atoms with van der Waals surface area (Å²) in [5.41, 5.74) is 1.40. The van der Waals surface area contributed by atoms with Gasteiger partial charge in [0.2, 0.25) is 0 Å². The Kier molecular flexibility index (Phi) is 7.35. The van der Waals surface area contributed by atoms with Gasteiger partial charge in [-0.25, -0.2) is 4.39 Å². The van der Waals surface area contributed by atoms with Crippen molar-refractivity contribution in [3.8, 4) is 0 Å². The molecular weight excluding hydrogens is 329 g/mol. The molecule has 0 heterocycles. The summed E-state index contributed by atoms with van der Waals surface area (Å²) in [6.45, 7) is 12.2. The third-order valence-electron chi connectivity index (χ3n) is 3.61. The Balaban J connectivity index is 2.71. The van der Waals surface area contributed by atoms with Crippen molar-refractivity contribution in [2.75, 3.05) is 6.54 Å². The summed E-state index contributed by atoms with van der Waals surface area (Å²) in [6.07, 6.45) is 3.19. The van der Waals surface area contributed by atoms with E-state index in [1.807, 2.05) is 0 Å². The van der Waals surface area contributed by atoms with E-state index in [-0.39, 0.29) is 5.82 Å². The molecule has 0 spiro atoms. The Morgan fingerprint density at radius 1 is 1.29 bits per heavy atom. The highest BCUT2D eigenvalue weighted by molar-refractivity contribution is 9.10. The predicted molar refractivity (Wildman–Crippen MR) is 93.1 cm³/mol. The van der Waals surface area contributed by atoms with E-state index in [1.54, 1.807) is 12.1 Å². The third kappa shape index (κ3) is 7.42. The highest BCUT2D eigenvalue weighted by Gasteiger charge is 2.19. The van der Waals surface area contributed by atoms with Crippen LogP contribution in [0.5, 0.6) is 0 Å². The number of hydrogen-bond donors (Lipinski definition) is 1. The maximum absolute atomic E-state index is 13.4. The molecule has 0 aliphatic carbocycles. The van der Waals surface area contributed by atoms with E-state index >= 15 is 0 Å². The molecule has 0 amide bonds. The average Bonchev–Trinajstić information content (AvgIpc) is 2.31. The predicted octanol–water partition coefficient (Wildman–Crippen LogP) is 5.57. The van der Waals surface area contributed by atoms with Crippen LogP contribution in [0.15, 0.2) is 22.7 Å². The molecular formula is C18H29BrFN. The number of rotatable bonds is 7. The zero-order valence-electron chi connectivity index (χ0n) is 14.0. The molecule has 120 valence electrons. The topological polar surface area (TPSA) is 12.0 Å². The number of likely N-dealkylation sites (N-methyl/N-ethyl adjacent to an activating group) is 1. The van der Waals surface area contributed by atoms with E-state index < -0.39 is 0 Å². The van der Waals surface area contributed by atoms with Gasteiger partial charge in [-0.2, -0.15) is 0 Å². The van der Waals surface area contributed by atoms with Crippen molar-refractivity contribution in [1.82, 2.24) is 5.32 Å². The lowest BCUT2D eigenvalue weighted by Gasteiger charge is -2.27. The van der Waals surface area contributed by atoms with Crippen molar-refractivity contribution in [3.63, 3.8) is 0 Å². The van der Waals surface area contributed by atoms with Gasteiger partial charge in [0, 0.05) is 10.5 Å². The second kappa shape index (κ2) is 8.28. The van der Waals surface area contributed by atoms with Crippen LogP contribution in [-0.4, -0.2) is 12.6 Å². The number of benzene rings is 1. The molecule has 1 N–H and O–H groups in total. The minimum absolute atomic E-state index is 0.161. The van der Waals surface area contributed by atoms with E-state index in [2.05, 4.69) is 55.9 Å². The van der Waals surface area contributed by atoms with E-state index in [0.717, 1.165) is 29.4 Å². The van der Waals surface area contributed by atoms with Crippen LogP contribution >= 0.6 is 15.9 Å². The van der Waals surface area contributed by atoms with Crippen molar-refractivity contribution < 1.29 is 4.39 Å². The van der Waals surface area contributed by atoms with Crippen LogP contribution in [0.25, 0.3) is 0 Å². The second-order valence-corrected chi connectivity index (χ2v) is 8.15. The fourth-order valence-corrected chi connectivity index (χ4v) is 3.52. The molecule has 0 saturated heterocycles. The van der Waals surface area contributed by atoms with Gasteiger partial charge in [-0.05, 0) is 60.9 Å². The van der Waals surface area contributed by atoms with Crippen molar-refractivity contribution >= 4 is 15.9 Å². The molecule has 0 bridgehead atoms. The van der Waals surface area contributed by atoms with Gasteiger partial charge in [0.25, 0.3) is 0 Å². The van der Waals surface area contributed by atoms with E-state index in [0.29, 0.717) is 17.4 Å². The second-order valence-electron chi connectivity index (χ2n) is 7.30. The molecule has 0 aliphatic rings. The highest BCUT2D eigenvalue weighted by atomic mass is 79.9. The lowest BCUT2D eigenvalue weighted by Crippen LogP contribution is -2.33. The first-order valence-corrected chi connectivity index (χ1v) is 8.68. The monoisotopic (exact) mass is 357 g/mol. The van der Waals surface area contributed by atoms with Crippen LogP contribution in [0.3, 0.4) is 0 Å². The summed E-state index contributed by atoms with van der Waals surface area (Å²) >= 11 is 3.53. The third-order valence-corrected chi connectivity index (χ3v) is 4.39. The Bertz CT molecular complexity index is 439. The molecule has 1 aromatic rings. The van der Waals surface area contributed by atoms with Crippen LogP contribution < -0.4 is 5.32 Å². The van der Waals surface area contributed by atoms with Gasteiger partial charge in [0.1, 0.15) is 5.82 Å². The maximum Gasteiger partial charge on any atom is 0.123 e. The van der Waals surface area contributed by atoms with Crippen LogP contribution in [0.2, 0.25) is 0 Å². The zero-order chi connectivity index (χ0) is 16.0. The molecule has 1 aromatic carbocycles. The summed E-state index contributed by atoms with van der Waals surface area (Å²) in [5, 5.41) is 3.55. The first-order chi connectivity index (χ1) is 9.71. The Morgan fingerprint density at radius 2 is 1.95 bits per heavy atom. The van der Waals surface area contributed by atoms with Gasteiger partial charge in [-0.3, -0.25) is 0 Å². The number of hydrogen-bond acceptors (Lipinski definition) is 1. The fourth-order valence-electron chi connectivity index (χ4n) is 3.11. The molecule has 0 radical (unpaired) electrons. The van der Waals surface area contributed by atoms with Crippen molar-refractivity contribution in [2.24, 2.45) is 11.3 Å². The largest absolute Gasteiger partial charge is 0.314 e. The van der Waals surface area contributed by atoms with Crippen LogP contribution in [0, 0.1) is 17.2 Å². The summed E-state index contributed by atoms with van der Waals surface area (Å²) in [5.74, 6) is 0.493. The van der Waals surface area contributed by atoms with Crippen LogP contribution in [0.1, 0.15) is 53.0 Å². The summed E-state index contributed by atoms with van der Waals surface area (Å²) in [4.78, 5) is 0. The van der Waals surface area contributed by atoms with Gasteiger partial charge < -0.3 is 5.32 Å². The van der Waals surface area contributed by atoms with Gasteiger partial charge in [-0.1, -0.05) is 50.5 Å². The van der Waals surface area contributed by atoms with Gasteiger partial charge in [0.15, 0.2) is 0 Å². The SMILES string of the molecule is CCNC(Cc1cc(F)ccc1Br)CC(C)CC(C)(C)C. The Morgan fingerprint density at radius 3 is 2.52 bits per heavy atom. The Labute approximate surface area is 137 Å². The summed E-state index contributed by atoms with van der Waals surface area (Å²) in [7, 11) is 0. The number of halogens is 2. The standard InChI is InChI=1S/C18H29BrFN/c1-6-21-16(9-13(2)12-18(3,4)5)11-14-10-15(20)7-8-17(14)19/h7-8,10,13,16,21H,6,9,11-12H2,1-5H3. The van der Waals surface area contributed by atoms with Crippen molar-refractivity contribution in [3.05, 3.63) is 34.1 Å². The van der Waals surface area contributed by atoms with Crippen LogP contribution in [-0.2, 0) is 6.42 Å². The van der Waals surface area contributed by atoms with Gasteiger partial charge in [0.05, 0.1) is 0 Å². The van der Waals surface area contributed by atoms with Crippen molar-refractivity contribution in [1.29, 1.82) is 0 Å². The van der Waals surface area contributed by atoms with E-state index in [4.69, 9.17) is 0 Å². The molecule has 1 rings (SSSR count). The first-order valence-electron chi connectivity index (χ1n) is 7.88. The van der Waals surface area contributed by atoms with Gasteiger partial charge in [-0.15, -0.1) is 0 Å². The molecule has 2 unspecified atom stereocenters. The maximum atomic E-state index is 13.4. The number of nitrogens with one attached hydrogen (secondary N) is 1. The quantitative estimate of drug-likeness (QED) is 0.672. The van der Waals surface area contributed by atoms with Gasteiger partial charge >= 0.3 is 0 Å². The summed E-state index contributed by atoms with van der Waals surface area (Å²) in [6, 6.07) is 5.33. The molecule has 2 atom stereocenters. The normalized spacial score (nSPS) is 15.0. The van der Waals surface area contributed by atoms with Crippen molar-refractivity contribution in [2.45, 2.75) is 59.9 Å². The molecule has 0 aromatic heterocycles. The lowest BCUT2D eigenvalue weighted by atomic mass is 9.82. The minimum atomic E-state index is -0.161. The molecule has 0 fully saturated rings. The van der Waals surface area contributed by atoms with E-state index in [1.165, 1.54) is 12.5 Å². The zero-order valence-corrected chi connectivity index (χ0v) is 15.6. The molecule has 0 saturated carbocycles. The average molecular weight is 358 g/mol. The van der Waals surface area contributed by atoms with E-state index in [9.17, 15) is 4.39 Å².